The van der Waals surface area contributed by atoms with Crippen molar-refractivity contribution in [1.29, 1.82) is 0 Å². The summed E-state index contributed by atoms with van der Waals surface area (Å²) in [4.78, 5) is 12.1. The molecule has 110 valence electrons. The summed E-state index contributed by atoms with van der Waals surface area (Å²) in [5.41, 5.74) is 0.779. The summed E-state index contributed by atoms with van der Waals surface area (Å²) in [5.74, 6) is 0.0886. The van der Waals surface area contributed by atoms with Crippen molar-refractivity contribution in [3.63, 3.8) is 0 Å². The molecule has 4 nitrogen and oxygen atoms in total. The highest BCUT2D eigenvalue weighted by Crippen LogP contribution is 2.22. The number of carbonyl (C=O) groups excluding carboxylic acids is 1. The second-order valence-electron chi connectivity index (χ2n) is 5.35. The number of ether oxygens (including phenoxy) is 1. The molecule has 0 radical (unpaired) electrons. The molecular formula is C15H20BrNO3. The number of aliphatic hydroxyl groups excluding tert-OH is 1. The molecule has 0 saturated carbocycles. The highest BCUT2D eigenvalue weighted by atomic mass is 79.9. The number of aliphatic hydroxyl groups is 1. The molecule has 0 spiro atoms. The first-order valence-corrected chi connectivity index (χ1v) is 7.64. The van der Waals surface area contributed by atoms with Crippen LogP contribution in [0.4, 0.5) is 0 Å². The Kier molecular flexibility index (Phi) is 5.18. The molecule has 1 saturated heterocycles. The van der Waals surface area contributed by atoms with Crippen LogP contribution in [0, 0.1) is 5.92 Å². The maximum atomic E-state index is 12.1. The third-order valence-electron chi connectivity index (χ3n) is 3.70. The maximum absolute atomic E-state index is 12.1. The Labute approximate surface area is 127 Å². The number of hydrogen-bond donors (Lipinski definition) is 2. The first-order valence-electron chi connectivity index (χ1n) is 6.84. The van der Waals surface area contributed by atoms with E-state index in [9.17, 15) is 9.90 Å². The summed E-state index contributed by atoms with van der Waals surface area (Å²) in [6.45, 7) is 4.43. The van der Waals surface area contributed by atoms with Crippen molar-refractivity contribution in [3.8, 4) is 0 Å². The van der Waals surface area contributed by atoms with Crippen molar-refractivity contribution in [2.45, 2.75) is 38.5 Å². The van der Waals surface area contributed by atoms with Crippen LogP contribution < -0.4 is 5.32 Å². The van der Waals surface area contributed by atoms with E-state index >= 15 is 0 Å². The quantitative estimate of drug-likeness (QED) is 0.884. The molecule has 2 rings (SSSR count). The van der Waals surface area contributed by atoms with Crippen LogP contribution in [0.15, 0.2) is 28.7 Å². The van der Waals surface area contributed by atoms with Crippen LogP contribution in [0.3, 0.4) is 0 Å². The standard InChI is InChI=1S/C15H20BrNO3/c1-9-7-8-20-14(9)15(19)17-10(2)13(18)11-3-5-12(16)6-4-11/h3-6,9-10,13-14,18H,7-8H2,1-2H3,(H,17,19). The summed E-state index contributed by atoms with van der Waals surface area (Å²) < 4.78 is 6.39. The van der Waals surface area contributed by atoms with Crippen molar-refractivity contribution >= 4 is 21.8 Å². The molecular weight excluding hydrogens is 322 g/mol. The Morgan fingerprint density at radius 2 is 2.10 bits per heavy atom. The van der Waals surface area contributed by atoms with Gasteiger partial charge in [-0.05, 0) is 37.0 Å². The monoisotopic (exact) mass is 341 g/mol. The molecule has 1 aromatic rings. The first kappa shape index (κ1) is 15.5. The van der Waals surface area contributed by atoms with Gasteiger partial charge < -0.3 is 15.2 Å². The molecule has 1 heterocycles. The van der Waals surface area contributed by atoms with Crippen LogP contribution in [0.25, 0.3) is 0 Å². The van der Waals surface area contributed by atoms with Gasteiger partial charge in [-0.15, -0.1) is 0 Å². The molecule has 1 aliphatic heterocycles. The lowest BCUT2D eigenvalue weighted by Crippen LogP contribution is -2.44. The van der Waals surface area contributed by atoms with E-state index in [1.54, 1.807) is 6.92 Å². The average Bonchev–Trinajstić information content (AvgIpc) is 2.85. The van der Waals surface area contributed by atoms with Gasteiger partial charge in [0, 0.05) is 11.1 Å². The number of hydrogen-bond acceptors (Lipinski definition) is 3. The molecule has 4 atom stereocenters. The summed E-state index contributed by atoms with van der Waals surface area (Å²) in [7, 11) is 0. The second-order valence-corrected chi connectivity index (χ2v) is 6.27. The molecule has 2 N–H and O–H groups in total. The van der Waals surface area contributed by atoms with Crippen molar-refractivity contribution in [1.82, 2.24) is 5.32 Å². The van der Waals surface area contributed by atoms with Gasteiger partial charge in [-0.2, -0.15) is 0 Å². The molecule has 1 fully saturated rings. The Hall–Kier alpha value is -0.910. The largest absolute Gasteiger partial charge is 0.386 e. The Balaban J connectivity index is 1.95. The number of benzene rings is 1. The van der Waals surface area contributed by atoms with Gasteiger partial charge >= 0.3 is 0 Å². The number of amides is 1. The van der Waals surface area contributed by atoms with Gasteiger partial charge in [0.2, 0.25) is 5.91 Å². The number of rotatable bonds is 4. The van der Waals surface area contributed by atoms with Crippen LogP contribution in [0.5, 0.6) is 0 Å². The fourth-order valence-corrected chi connectivity index (χ4v) is 2.63. The fraction of sp³-hybridized carbons (Fsp3) is 0.533. The van der Waals surface area contributed by atoms with Gasteiger partial charge in [0.25, 0.3) is 0 Å². The lowest BCUT2D eigenvalue weighted by Gasteiger charge is -2.23. The topological polar surface area (TPSA) is 58.6 Å². The maximum Gasteiger partial charge on any atom is 0.249 e. The first-order chi connectivity index (χ1) is 9.49. The zero-order chi connectivity index (χ0) is 14.7. The van der Waals surface area contributed by atoms with E-state index in [4.69, 9.17) is 4.74 Å². The Bertz CT molecular complexity index is 463. The van der Waals surface area contributed by atoms with E-state index in [-0.39, 0.29) is 17.9 Å². The number of halogens is 1. The molecule has 0 bridgehead atoms. The minimum atomic E-state index is -0.733. The van der Waals surface area contributed by atoms with Crippen molar-refractivity contribution in [3.05, 3.63) is 34.3 Å². The lowest BCUT2D eigenvalue weighted by atomic mass is 10.0. The predicted octanol–water partition coefficient (Wildman–Crippen LogP) is 2.41. The molecule has 1 aliphatic rings. The Morgan fingerprint density at radius 3 is 2.65 bits per heavy atom. The van der Waals surface area contributed by atoms with E-state index in [0.717, 1.165) is 16.5 Å². The highest BCUT2D eigenvalue weighted by Gasteiger charge is 2.32. The fourth-order valence-electron chi connectivity index (χ4n) is 2.36. The number of nitrogens with one attached hydrogen (secondary N) is 1. The highest BCUT2D eigenvalue weighted by molar-refractivity contribution is 9.10. The Morgan fingerprint density at radius 1 is 1.45 bits per heavy atom. The third kappa shape index (κ3) is 3.59. The minimum Gasteiger partial charge on any atom is -0.386 e. The minimum absolute atomic E-state index is 0.140. The van der Waals surface area contributed by atoms with Crippen LogP contribution in [0.1, 0.15) is 31.9 Å². The predicted molar refractivity (Wildman–Crippen MR) is 80.2 cm³/mol. The van der Waals surface area contributed by atoms with Crippen molar-refractivity contribution in [2.75, 3.05) is 6.61 Å². The molecule has 20 heavy (non-hydrogen) atoms. The molecule has 0 aliphatic carbocycles. The van der Waals surface area contributed by atoms with E-state index in [1.165, 1.54) is 0 Å². The van der Waals surface area contributed by atoms with Gasteiger partial charge in [0.15, 0.2) is 0 Å². The molecule has 5 heteroatoms. The second kappa shape index (κ2) is 6.70. The van der Waals surface area contributed by atoms with Crippen LogP contribution in [-0.4, -0.2) is 29.8 Å². The average molecular weight is 342 g/mol. The lowest BCUT2D eigenvalue weighted by molar-refractivity contribution is -0.133. The van der Waals surface area contributed by atoms with Crippen LogP contribution >= 0.6 is 15.9 Å². The summed E-state index contributed by atoms with van der Waals surface area (Å²) in [6, 6.07) is 7.06. The van der Waals surface area contributed by atoms with Gasteiger partial charge in [-0.3, -0.25) is 4.79 Å². The normalized spacial score (nSPS) is 25.2. The van der Waals surface area contributed by atoms with E-state index < -0.39 is 12.2 Å². The third-order valence-corrected chi connectivity index (χ3v) is 4.23. The van der Waals surface area contributed by atoms with Gasteiger partial charge in [-0.1, -0.05) is 35.0 Å². The van der Waals surface area contributed by atoms with Crippen molar-refractivity contribution in [2.24, 2.45) is 5.92 Å². The molecule has 1 aromatic carbocycles. The van der Waals surface area contributed by atoms with Crippen molar-refractivity contribution < 1.29 is 14.6 Å². The van der Waals surface area contributed by atoms with Gasteiger partial charge in [-0.25, -0.2) is 0 Å². The van der Waals surface area contributed by atoms with Crippen LogP contribution in [0.2, 0.25) is 0 Å². The van der Waals surface area contributed by atoms with E-state index in [2.05, 4.69) is 21.2 Å². The smallest absolute Gasteiger partial charge is 0.249 e. The van der Waals surface area contributed by atoms with Crippen LogP contribution in [-0.2, 0) is 9.53 Å². The molecule has 0 aromatic heterocycles. The van der Waals surface area contributed by atoms with E-state index in [1.807, 2.05) is 31.2 Å². The zero-order valence-corrected chi connectivity index (χ0v) is 13.3. The SMILES string of the molecule is CC1CCOC1C(=O)NC(C)C(O)c1ccc(Br)cc1. The zero-order valence-electron chi connectivity index (χ0n) is 11.7. The van der Waals surface area contributed by atoms with Gasteiger partial charge in [0.05, 0.1) is 12.1 Å². The van der Waals surface area contributed by atoms with E-state index in [0.29, 0.717) is 6.61 Å². The molecule has 1 amide bonds. The summed E-state index contributed by atoms with van der Waals surface area (Å²) in [5, 5.41) is 13.1. The number of carbonyl (C=O) groups is 1. The molecule has 4 unspecified atom stereocenters. The summed E-state index contributed by atoms with van der Waals surface area (Å²) >= 11 is 3.36. The van der Waals surface area contributed by atoms with Gasteiger partial charge in [0.1, 0.15) is 6.10 Å². The summed E-state index contributed by atoms with van der Waals surface area (Å²) in [6.07, 6.45) is -0.222.